The molecule has 0 aromatic heterocycles. The van der Waals surface area contributed by atoms with Gasteiger partial charge in [-0.1, -0.05) is 80.9 Å². The van der Waals surface area contributed by atoms with Crippen LogP contribution in [-0.2, 0) is 21.9 Å². The molecule has 0 bridgehead atoms. The number of hydrogen-bond donors (Lipinski definition) is 1. The van der Waals surface area contributed by atoms with Gasteiger partial charge in [-0.2, -0.15) is 0 Å². The third kappa shape index (κ3) is 7.86. The topological polar surface area (TPSA) is 49.4 Å². The predicted octanol–water partition coefficient (Wildman–Crippen LogP) is 4.81. The molecule has 4 nitrogen and oxygen atoms in total. The number of thioether (sulfide) groups is 1. The van der Waals surface area contributed by atoms with Gasteiger partial charge in [-0.15, -0.1) is 11.8 Å². The standard InChI is InChI=1S/C25H34N2O2S/c1-5-23(25(29)26-15-19(2)3)27(16-21-11-7-6-8-12-21)24(28)18-30-17-22-13-9-10-20(4)14-22/h6-14,19,23H,5,15-18H2,1-4H3,(H,26,29). The normalized spacial score (nSPS) is 11.9. The minimum Gasteiger partial charge on any atom is -0.354 e. The van der Waals surface area contributed by atoms with E-state index in [4.69, 9.17) is 0 Å². The Kier molecular flexibility index (Phi) is 9.95. The van der Waals surface area contributed by atoms with Gasteiger partial charge in [0.2, 0.25) is 11.8 Å². The number of hydrogen-bond acceptors (Lipinski definition) is 3. The fraction of sp³-hybridized carbons (Fsp3) is 0.440. The Hall–Kier alpha value is -2.27. The number of carbonyl (C=O) groups excluding carboxylic acids is 2. The summed E-state index contributed by atoms with van der Waals surface area (Å²) in [4.78, 5) is 27.8. The third-order valence-electron chi connectivity index (χ3n) is 4.84. The first-order valence-corrected chi connectivity index (χ1v) is 11.8. The second-order valence-corrected chi connectivity index (χ2v) is 9.04. The summed E-state index contributed by atoms with van der Waals surface area (Å²) in [5, 5.41) is 3.00. The van der Waals surface area contributed by atoms with Gasteiger partial charge in [0, 0.05) is 18.8 Å². The van der Waals surface area contributed by atoms with Crippen LogP contribution in [0.2, 0.25) is 0 Å². The van der Waals surface area contributed by atoms with Crippen molar-refractivity contribution in [2.75, 3.05) is 12.3 Å². The van der Waals surface area contributed by atoms with Gasteiger partial charge in [0.25, 0.3) is 0 Å². The molecular formula is C25H34N2O2S. The fourth-order valence-electron chi connectivity index (χ4n) is 3.26. The quantitative estimate of drug-likeness (QED) is 0.561. The van der Waals surface area contributed by atoms with Crippen LogP contribution in [-0.4, -0.2) is 35.1 Å². The Morgan fingerprint density at radius 3 is 2.37 bits per heavy atom. The van der Waals surface area contributed by atoms with Crippen molar-refractivity contribution in [3.63, 3.8) is 0 Å². The molecular weight excluding hydrogens is 392 g/mol. The van der Waals surface area contributed by atoms with Crippen LogP contribution in [0, 0.1) is 12.8 Å². The second kappa shape index (κ2) is 12.4. The first kappa shape index (κ1) is 24.0. The van der Waals surface area contributed by atoms with Crippen molar-refractivity contribution in [2.24, 2.45) is 5.92 Å². The summed E-state index contributed by atoms with van der Waals surface area (Å²) >= 11 is 1.60. The van der Waals surface area contributed by atoms with E-state index in [-0.39, 0.29) is 11.8 Å². The van der Waals surface area contributed by atoms with Gasteiger partial charge in [0.15, 0.2) is 0 Å². The monoisotopic (exact) mass is 426 g/mol. The zero-order valence-corrected chi connectivity index (χ0v) is 19.4. The van der Waals surface area contributed by atoms with Crippen LogP contribution in [0.5, 0.6) is 0 Å². The lowest BCUT2D eigenvalue weighted by molar-refractivity contribution is -0.139. The highest BCUT2D eigenvalue weighted by Crippen LogP contribution is 2.18. The van der Waals surface area contributed by atoms with Crippen molar-refractivity contribution in [3.8, 4) is 0 Å². The van der Waals surface area contributed by atoms with E-state index in [0.717, 1.165) is 11.3 Å². The van der Waals surface area contributed by atoms with Crippen LogP contribution in [0.4, 0.5) is 0 Å². The zero-order chi connectivity index (χ0) is 21.9. The van der Waals surface area contributed by atoms with E-state index >= 15 is 0 Å². The maximum atomic E-state index is 13.2. The Morgan fingerprint density at radius 1 is 1.03 bits per heavy atom. The summed E-state index contributed by atoms with van der Waals surface area (Å²) < 4.78 is 0. The Bertz CT molecular complexity index is 808. The molecule has 0 radical (unpaired) electrons. The lowest BCUT2D eigenvalue weighted by Gasteiger charge is -2.31. The summed E-state index contributed by atoms with van der Waals surface area (Å²) in [5.74, 6) is 1.44. The summed E-state index contributed by atoms with van der Waals surface area (Å²) in [6.07, 6.45) is 0.588. The minimum atomic E-state index is -0.462. The second-order valence-electron chi connectivity index (χ2n) is 8.05. The van der Waals surface area contributed by atoms with Gasteiger partial charge >= 0.3 is 0 Å². The van der Waals surface area contributed by atoms with Crippen molar-refractivity contribution in [1.29, 1.82) is 0 Å². The number of nitrogens with one attached hydrogen (secondary N) is 1. The Labute approximate surface area is 185 Å². The molecule has 2 aromatic carbocycles. The summed E-state index contributed by atoms with van der Waals surface area (Å²) in [5.41, 5.74) is 3.46. The van der Waals surface area contributed by atoms with E-state index in [9.17, 15) is 9.59 Å². The molecule has 2 rings (SSSR count). The number of nitrogens with zero attached hydrogens (tertiary/aromatic N) is 1. The average Bonchev–Trinajstić information content (AvgIpc) is 2.72. The van der Waals surface area contributed by atoms with E-state index in [1.165, 1.54) is 11.1 Å². The van der Waals surface area contributed by atoms with Gasteiger partial charge in [-0.3, -0.25) is 9.59 Å². The van der Waals surface area contributed by atoms with E-state index in [2.05, 4.69) is 44.3 Å². The third-order valence-corrected chi connectivity index (χ3v) is 5.83. The maximum Gasteiger partial charge on any atom is 0.242 e. The molecule has 1 unspecified atom stereocenters. The first-order chi connectivity index (χ1) is 14.4. The molecule has 0 heterocycles. The average molecular weight is 427 g/mol. The van der Waals surface area contributed by atoms with Crippen LogP contribution < -0.4 is 5.32 Å². The molecule has 0 saturated carbocycles. The number of carbonyl (C=O) groups is 2. The molecule has 0 aliphatic carbocycles. The summed E-state index contributed by atoms with van der Waals surface area (Å²) in [6, 6.07) is 17.8. The van der Waals surface area contributed by atoms with Crippen molar-refractivity contribution < 1.29 is 9.59 Å². The van der Waals surface area contributed by atoms with Crippen molar-refractivity contribution >= 4 is 23.6 Å². The van der Waals surface area contributed by atoms with Gasteiger partial charge in [0.05, 0.1) is 5.75 Å². The number of benzene rings is 2. The van der Waals surface area contributed by atoms with E-state index in [0.29, 0.717) is 31.2 Å². The van der Waals surface area contributed by atoms with Gasteiger partial charge in [-0.05, 0) is 30.4 Å². The number of aryl methyl sites for hydroxylation is 1. The van der Waals surface area contributed by atoms with Crippen molar-refractivity contribution in [1.82, 2.24) is 10.2 Å². The maximum absolute atomic E-state index is 13.2. The van der Waals surface area contributed by atoms with Gasteiger partial charge in [-0.25, -0.2) is 0 Å². The summed E-state index contributed by atoms with van der Waals surface area (Å²) in [6.45, 7) is 9.22. The smallest absolute Gasteiger partial charge is 0.242 e. The molecule has 2 aromatic rings. The Balaban J connectivity index is 2.08. The number of amides is 2. The molecule has 0 spiro atoms. The van der Waals surface area contributed by atoms with Crippen LogP contribution in [0.3, 0.4) is 0 Å². The molecule has 5 heteroatoms. The fourth-order valence-corrected chi connectivity index (χ4v) is 4.12. The molecule has 1 N–H and O–H groups in total. The molecule has 0 saturated heterocycles. The lowest BCUT2D eigenvalue weighted by Crippen LogP contribution is -2.50. The highest BCUT2D eigenvalue weighted by molar-refractivity contribution is 7.99. The predicted molar refractivity (Wildman–Crippen MR) is 126 cm³/mol. The largest absolute Gasteiger partial charge is 0.354 e. The molecule has 162 valence electrons. The van der Waals surface area contributed by atoms with Crippen LogP contribution in [0.1, 0.15) is 43.9 Å². The molecule has 0 aliphatic rings. The van der Waals surface area contributed by atoms with E-state index in [1.54, 1.807) is 16.7 Å². The molecule has 2 amide bonds. The zero-order valence-electron chi connectivity index (χ0n) is 18.6. The minimum absolute atomic E-state index is 0.00283. The summed E-state index contributed by atoms with van der Waals surface area (Å²) in [7, 11) is 0. The highest BCUT2D eigenvalue weighted by Gasteiger charge is 2.28. The van der Waals surface area contributed by atoms with Crippen LogP contribution in [0.25, 0.3) is 0 Å². The van der Waals surface area contributed by atoms with Crippen LogP contribution in [0.15, 0.2) is 54.6 Å². The number of rotatable bonds is 11. The lowest BCUT2D eigenvalue weighted by atomic mass is 10.1. The van der Waals surface area contributed by atoms with Gasteiger partial charge in [0.1, 0.15) is 6.04 Å². The van der Waals surface area contributed by atoms with Crippen molar-refractivity contribution in [2.45, 2.75) is 52.5 Å². The molecule has 1 atom stereocenters. The van der Waals surface area contributed by atoms with Crippen molar-refractivity contribution in [3.05, 3.63) is 71.3 Å². The molecule has 0 aliphatic heterocycles. The Morgan fingerprint density at radius 2 is 1.73 bits per heavy atom. The van der Waals surface area contributed by atoms with E-state index in [1.807, 2.05) is 43.3 Å². The van der Waals surface area contributed by atoms with Crippen LogP contribution >= 0.6 is 11.8 Å². The molecule has 0 fully saturated rings. The van der Waals surface area contributed by atoms with E-state index < -0.39 is 6.04 Å². The first-order valence-electron chi connectivity index (χ1n) is 10.6. The van der Waals surface area contributed by atoms with Gasteiger partial charge < -0.3 is 10.2 Å². The SMILES string of the molecule is CCC(C(=O)NCC(C)C)N(Cc1ccccc1)C(=O)CSCc1cccc(C)c1. The highest BCUT2D eigenvalue weighted by atomic mass is 32.2. The molecule has 30 heavy (non-hydrogen) atoms.